The van der Waals surface area contributed by atoms with Crippen molar-refractivity contribution in [1.82, 2.24) is 10.2 Å². The van der Waals surface area contributed by atoms with Gasteiger partial charge in [-0.1, -0.05) is 30.3 Å². The molecule has 1 saturated heterocycles. The molecule has 0 aromatic heterocycles. The van der Waals surface area contributed by atoms with Crippen molar-refractivity contribution >= 4 is 10.8 Å². The molecule has 1 heterocycles. The monoisotopic (exact) mass is 270 g/mol. The normalized spacial score (nSPS) is 20.1. The molecular weight excluding hydrogens is 248 g/mol. The number of hydrogen-bond acceptors (Lipinski definition) is 3. The molecule has 0 radical (unpaired) electrons. The van der Waals surface area contributed by atoms with Crippen molar-refractivity contribution in [3.63, 3.8) is 0 Å². The molecule has 2 aromatic carbocycles. The van der Waals surface area contributed by atoms with Crippen LogP contribution < -0.4 is 10.1 Å². The fourth-order valence-electron chi connectivity index (χ4n) is 2.77. The molecule has 0 unspecified atom stereocenters. The van der Waals surface area contributed by atoms with E-state index in [9.17, 15) is 0 Å². The first-order valence-corrected chi connectivity index (χ1v) is 7.38. The predicted octanol–water partition coefficient (Wildman–Crippen LogP) is 2.51. The highest BCUT2D eigenvalue weighted by Gasteiger charge is 2.14. The maximum atomic E-state index is 5.89. The van der Waals surface area contributed by atoms with Gasteiger partial charge >= 0.3 is 0 Å². The van der Waals surface area contributed by atoms with Crippen molar-refractivity contribution in [3.8, 4) is 5.75 Å². The fraction of sp³-hybridized carbons (Fsp3) is 0.412. The Bertz CT molecular complexity index is 570. The summed E-state index contributed by atoms with van der Waals surface area (Å²) in [6, 6.07) is 15.3. The molecule has 0 amide bonds. The van der Waals surface area contributed by atoms with Gasteiger partial charge in [-0.25, -0.2) is 0 Å². The van der Waals surface area contributed by atoms with Gasteiger partial charge in [-0.2, -0.15) is 0 Å². The number of nitrogens with zero attached hydrogens (tertiary/aromatic N) is 1. The highest BCUT2D eigenvalue weighted by Crippen LogP contribution is 2.20. The standard InChI is InChI=1S/C17H22N2O/c1-14-13-19(9-8-18-14)10-11-20-17-7-6-15-4-2-3-5-16(15)12-17/h2-7,12,14,18H,8-11,13H2,1H3/t14-/m1/s1. The van der Waals surface area contributed by atoms with E-state index in [-0.39, 0.29) is 0 Å². The summed E-state index contributed by atoms with van der Waals surface area (Å²) < 4.78 is 5.89. The van der Waals surface area contributed by atoms with Gasteiger partial charge in [0, 0.05) is 32.2 Å². The average Bonchev–Trinajstić information content (AvgIpc) is 2.47. The van der Waals surface area contributed by atoms with E-state index in [0.717, 1.165) is 38.5 Å². The summed E-state index contributed by atoms with van der Waals surface area (Å²) in [7, 11) is 0. The predicted molar refractivity (Wildman–Crippen MR) is 83.3 cm³/mol. The number of piperazine rings is 1. The number of rotatable bonds is 4. The van der Waals surface area contributed by atoms with Gasteiger partial charge in [0.15, 0.2) is 0 Å². The van der Waals surface area contributed by atoms with Crippen molar-refractivity contribution in [1.29, 1.82) is 0 Å². The van der Waals surface area contributed by atoms with Crippen LogP contribution in [0.5, 0.6) is 5.75 Å². The maximum Gasteiger partial charge on any atom is 0.120 e. The second-order valence-electron chi connectivity index (χ2n) is 5.51. The number of benzene rings is 2. The molecule has 2 aromatic rings. The smallest absolute Gasteiger partial charge is 0.120 e. The third-order valence-corrected chi connectivity index (χ3v) is 3.85. The Kier molecular flexibility index (Phi) is 4.19. The van der Waals surface area contributed by atoms with Crippen LogP contribution in [0.25, 0.3) is 10.8 Å². The van der Waals surface area contributed by atoms with Crippen LogP contribution in [0.1, 0.15) is 6.92 Å². The Balaban J connectivity index is 1.54. The third-order valence-electron chi connectivity index (χ3n) is 3.85. The topological polar surface area (TPSA) is 24.5 Å². The molecule has 0 spiro atoms. The summed E-state index contributed by atoms with van der Waals surface area (Å²) in [4.78, 5) is 2.46. The minimum absolute atomic E-state index is 0.587. The van der Waals surface area contributed by atoms with Crippen molar-refractivity contribution in [2.45, 2.75) is 13.0 Å². The number of fused-ring (bicyclic) bond motifs is 1. The van der Waals surface area contributed by atoms with Crippen LogP contribution in [-0.4, -0.2) is 43.7 Å². The molecule has 1 aliphatic rings. The molecular formula is C17H22N2O. The van der Waals surface area contributed by atoms with E-state index in [4.69, 9.17) is 4.74 Å². The summed E-state index contributed by atoms with van der Waals surface area (Å²) >= 11 is 0. The Morgan fingerprint density at radius 2 is 2.05 bits per heavy atom. The molecule has 0 saturated carbocycles. The largest absolute Gasteiger partial charge is 0.492 e. The van der Waals surface area contributed by atoms with Crippen molar-refractivity contribution < 1.29 is 4.74 Å². The van der Waals surface area contributed by atoms with Crippen LogP contribution in [0.3, 0.4) is 0 Å². The van der Waals surface area contributed by atoms with Crippen LogP contribution in [0.2, 0.25) is 0 Å². The van der Waals surface area contributed by atoms with Crippen LogP contribution in [0.4, 0.5) is 0 Å². The van der Waals surface area contributed by atoms with E-state index in [2.05, 4.69) is 59.6 Å². The Morgan fingerprint density at radius 1 is 1.20 bits per heavy atom. The molecule has 3 heteroatoms. The van der Waals surface area contributed by atoms with Gasteiger partial charge in [0.2, 0.25) is 0 Å². The Labute approximate surface area is 120 Å². The number of ether oxygens (including phenoxy) is 1. The third kappa shape index (κ3) is 3.30. The summed E-state index contributed by atoms with van der Waals surface area (Å²) in [5.41, 5.74) is 0. The molecule has 0 bridgehead atoms. The minimum atomic E-state index is 0.587. The lowest BCUT2D eigenvalue weighted by atomic mass is 10.1. The number of hydrogen-bond donors (Lipinski definition) is 1. The lowest BCUT2D eigenvalue weighted by Gasteiger charge is -2.31. The van der Waals surface area contributed by atoms with Crippen LogP contribution >= 0.6 is 0 Å². The van der Waals surface area contributed by atoms with Gasteiger partial charge in [0.1, 0.15) is 12.4 Å². The molecule has 20 heavy (non-hydrogen) atoms. The average molecular weight is 270 g/mol. The minimum Gasteiger partial charge on any atom is -0.492 e. The molecule has 1 N–H and O–H groups in total. The van der Waals surface area contributed by atoms with Gasteiger partial charge in [-0.15, -0.1) is 0 Å². The molecule has 1 atom stereocenters. The zero-order chi connectivity index (χ0) is 13.8. The molecule has 3 rings (SSSR count). The zero-order valence-electron chi connectivity index (χ0n) is 12.0. The zero-order valence-corrected chi connectivity index (χ0v) is 12.0. The SMILES string of the molecule is C[C@@H]1CN(CCOc2ccc3ccccc3c2)CCN1. The van der Waals surface area contributed by atoms with Crippen LogP contribution in [-0.2, 0) is 0 Å². The van der Waals surface area contributed by atoms with E-state index >= 15 is 0 Å². The first-order valence-electron chi connectivity index (χ1n) is 7.38. The van der Waals surface area contributed by atoms with Crippen molar-refractivity contribution in [2.75, 3.05) is 32.8 Å². The van der Waals surface area contributed by atoms with E-state index in [1.807, 2.05) is 0 Å². The second kappa shape index (κ2) is 6.25. The summed E-state index contributed by atoms with van der Waals surface area (Å²) in [5.74, 6) is 0.965. The van der Waals surface area contributed by atoms with Gasteiger partial charge in [-0.3, -0.25) is 4.90 Å². The molecule has 0 aliphatic carbocycles. The quantitative estimate of drug-likeness (QED) is 0.924. The Hall–Kier alpha value is -1.58. The van der Waals surface area contributed by atoms with Crippen molar-refractivity contribution in [2.24, 2.45) is 0 Å². The summed E-state index contributed by atoms with van der Waals surface area (Å²) in [5, 5.41) is 5.95. The van der Waals surface area contributed by atoms with Crippen LogP contribution in [0.15, 0.2) is 42.5 Å². The number of nitrogens with one attached hydrogen (secondary N) is 1. The first-order chi connectivity index (χ1) is 9.81. The van der Waals surface area contributed by atoms with E-state index in [0.29, 0.717) is 6.04 Å². The summed E-state index contributed by atoms with van der Waals surface area (Å²) in [6.45, 7) is 7.30. The highest BCUT2D eigenvalue weighted by molar-refractivity contribution is 5.83. The fourth-order valence-corrected chi connectivity index (χ4v) is 2.77. The molecule has 3 nitrogen and oxygen atoms in total. The Morgan fingerprint density at radius 3 is 2.90 bits per heavy atom. The van der Waals surface area contributed by atoms with Crippen molar-refractivity contribution in [3.05, 3.63) is 42.5 Å². The molecule has 1 aliphatic heterocycles. The molecule has 106 valence electrons. The molecule has 1 fully saturated rings. The summed E-state index contributed by atoms with van der Waals surface area (Å²) in [6.07, 6.45) is 0. The van der Waals surface area contributed by atoms with E-state index in [1.54, 1.807) is 0 Å². The van der Waals surface area contributed by atoms with E-state index in [1.165, 1.54) is 10.8 Å². The van der Waals surface area contributed by atoms with Gasteiger partial charge in [0.05, 0.1) is 0 Å². The second-order valence-corrected chi connectivity index (χ2v) is 5.51. The lowest BCUT2D eigenvalue weighted by Crippen LogP contribution is -2.50. The lowest BCUT2D eigenvalue weighted by molar-refractivity contribution is 0.170. The maximum absolute atomic E-state index is 5.89. The first kappa shape index (κ1) is 13.4. The van der Waals surface area contributed by atoms with Gasteiger partial charge in [-0.05, 0) is 29.8 Å². The van der Waals surface area contributed by atoms with Gasteiger partial charge < -0.3 is 10.1 Å². The van der Waals surface area contributed by atoms with Gasteiger partial charge in [0.25, 0.3) is 0 Å². The van der Waals surface area contributed by atoms with E-state index < -0.39 is 0 Å². The highest BCUT2D eigenvalue weighted by atomic mass is 16.5. The van der Waals surface area contributed by atoms with Crippen LogP contribution in [0, 0.1) is 0 Å².